The minimum absolute atomic E-state index is 0.0326. The summed E-state index contributed by atoms with van der Waals surface area (Å²) in [4.78, 5) is 26.2. The van der Waals surface area contributed by atoms with Crippen molar-refractivity contribution in [3.05, 3.63) is 34.9 Å². The number of aliphatic hydroxyl groups is 1. The highest BCUT2D eigenvalue weighted by molar-refractivity contribution is 6.30. The van der Waals surface area contributed by atoms with Gasteiger partial charge < -0.3 is 15.2 Å². The van der Waals surface area contributed by atoms with Crippen molar-refractivity contribution in [1.82, 2.24) is 10.2 Å². The van der Waals surface area contributed by atoms with Crippen LogP contribution in [0.15, 0.2) is 24.3 Å². The molecule has 1 spiro atoms. The molecule has 2 aliphatic rings. The number of nitrogens with zero attached hydrogens (tertiary/aromatic N) is 1. The lowest BCUT2D eigenvalue weighted by Gasteiger charge is -2.33. The first-order chi connectivity index (χ1) is 12.8. The largest absolute Gasteiger partial charge is 0.389 e. The Labute approximate surface area is 164 Å². The maximum atomic E-state index is 12.8. The highest BCUT2D eigenvalue weighted by atomic mass is 35.5. The van der Waals surface area contributed by atoms with Gasteiger partial charge in [-0.05, 0) is 56.2 Å². The molecule has 1 heterocycles. The summed E-state index contributed by atoms with van der Waals surface area (Å²) in [5.41, 5.74) is 0.165. The molecule has 148 valence electrons. The second-order valence-electron chi connectivity index (χ2n) is 7.79. The molecule has 1 aromatic rings. The number of halogens is 1. The number of benzene rings is 1. The second-order valence-corrected chi connectivity index (χ2v) is 8.23. The lowest BCUT2D eigenvalue weighted by atomic mass is 9.77. The Morgan fingerprint density at radius 1 is 1.30 bits per heavy atom. The van der Waals surface area contributed by atoms with Crippen LogP contribution in [0, 0.1) is 5.92 Å². The smallest absolute Gasteiger partial charge is 0.325 e. The zero-order chi connectivity index (χ0) is 19.6. The number of hydrogen-bond donors (Lipinski definition) is 2. The van der Waals surface area contributed by atoms with Crippen LogP contribution in [0.1, 0.15) is 51.2 Å². The minimum atomic E-state index is -0.938. The van der Waals surface area contributed by atoms with E-state index in [0.29, 0.717) is 23.8 Å². The number of nitrogens with one attached hydrogen (secondary N) is 1. The molecule has 0 aromatic heterocycles. The number of rotatable bonds is 6. The Hall–Kier alpha value is -1.63. The molecule has 2 atom stereocenters. The summed E-state index contributed by atoms with van der Waals surface area (Å²) in [6, 6.07) is 6.88. The molecule has 1 aromatic carbocycles. The number of carbonyl (C=O) groups is 2. The van der Waals surface area contributed by atoms with E-state index in [0.717, 1.165) is 23.3 Å². The fourth-order valence-electron chi connectivity index (χ4n) is 3.78. The van der Waals surface area contributed by atoms with Crippen molar-refractivity contribution in [3.8, 4) is 0 Å². The summed E-state index contributed by atoms with van der Waals surface area (Å²) in [7, 11) is 0. The van der Waals surface area contributed by atoms with Gasteiger partial charge in [-0.3, -0.25) is 9.69 Å². The summed E-state index contributed by atoms with van der Waals surface area (Å²) in [6.45, 7) is 4.01. The summed E-state index contributed by atoms with van der Waals surface area (Å²) >= 11 is 5.88. The van der Waals surface area contributed by atoms with Gasteiger partial charge in [-0.2, -0.15) is 0 Å². The van der Waals surface area contributed by atoms with Gasteiger partial charge in [0.05, 0.1) is 25.4 Å². The topological polar surface area (TPSA) is 78.9 Å². The minimum Gasteiger partial charge on any atom is -0.389 e. The van der Waals surface area contributed by atoms with Gasteiger partial charge in [0.15, 0.2) is 0 Å². The third-order valence-electron chi connectivity index (χ3n) is 5.65. The number of aliphatic hydroxyl groups excluding tert-OH is 1. The van der Waals surface area contributed by atoms with E-state index in [1.807, 2.05) is 19.1 Å². The lowest BCUT2D eigenvalue weighted by molar-refractivity contribution is -0.134. The fraction of sp³-hybridized carbons (Fsp3) is 0.600. The Morgan fingerprint density at radius 2 is 1.93 bits per heavy atom. The van der Waals surface area contributed by atoms with Crippen LogP contribution in [-0.4, -0.2) is 46.7 Å². The summed E-state index contributed by atoms with van der Waals surface area (Å²) in [5, 5.41) is 13.8. The third kappa shape index (κ3) is 4.45. The van der Waals surface area contributed by atoms with E-state index in [9.17, 15) is 14.7 Å². The number of imide groups is 1. The Balaban J connectivity index is 1.53. The molecule has 0 unspecified atom stereocenters. The molecule has 1 saturated heterocycles. The molecule has 2 fully saturated rings. The zero-order valence-electron chi connectivity index (χ0n) is 15.8. The number of hydrogen-bond acceptors (Lipinski definition) is 4. The quantitative estimate of drug-likeness (QED) is 0.726. The van der Waals surface area contributed by atoms with Crippen molar-refractivity contribution >= 4 is 23.5 Å². The first-order valence-corrected chi connectivity index (χ1v) is 9.88. The molecule has 2 N–H and O–H groups in total. The average Bonchev–Trinajstić information content (AvgIpc) is 2.87. The van der Waals surface area contributed by atoms with Crippen LogP contribution >= 0.6 is 11.6 Å². The maximum Gasteiger partial charge on any atom is 0.325 e. The SMILES string of the molecule is CC1CCC2(CC1)NC(=O)N(C[C@@H](O)CO[C@@H](C)c1ccc(Cl)cc1)C2=O. The summed E-state index contributed by atoms with van der Waals surface area (Å²) in [6.07, 6.45) is 2.00. The molecule has 6 nitrogen and oxygen atoms in total. The van der Waals surface area contributed by atoms with Gasteiger partial charge in [0.25, 0.3) is 5.91 Å². The van der Waals surface area contributed by atoms with E-state index < -0.39 is 17.7 Å². The Morgan fingerprint density at radius 3 is 2.56 bits per heavy atom. The van der Waals surface area contributed by atoms with Crippen LogP contribution in [0.4, 0.5) is 4.79 Å². The van der Waals surface area contributed by atoms with Crippen molar-refractivity contribution < 1.29 is 19.4 Å². The molecule has 7 heteroatoms. The molecule has 3 rings (SSSR count). The van der Waals surface area contributed by atoms with Crippen LogP contribution < -0.4 is 5.32 Å². The average molecular weight is 395 g/mol. The van der Waals surface area contributed by atoms with Crippen molar-refractivity contribution in [1.29, 1.82) is 0 Å². The fourth-order valence-corrected chi connectivity index (χ4v) is 3.91. The van der Waals surface area contributed by atoms with Gasteiger partial charge >= 0.3 is 6.03 Å². The van der Waals surface area contributed by atoms with Crippen molar-refractivity contribution in [3.63, 3.8) is 0 Å². The van der Waals surface area contributed by atoms with E-state index in [2.05, 4.69) is 12.2 Å². The Kier molecular flexibility index (Phi) is 6.08. The van der Waals surface area contributed by atoms with E-state index in [1.54, 1.807) is 12.1 Å². The molecule has 1 aliphatic carbocycles. The number of urea groups is 1. The molecule has 3 amide bonds. The summed E-state index contributed by atoms with van der Waals surface area (Å²) < 4.78 is 5.70. The standard InChI is InChI=1S/C20H27ClN2O4/c1-13-7-9-20(10-8-13)18(25)23(19(26)22-20)11-17(24)12-27-14(2)15-3-5-16(21)6-4-15/h3-6,13-14,17,24H,7-12H2,1-2H3,(H,22,26)/t13?,14-,17+,20?/m0/s1. The number of ether oxygens (including phenoxy) is 1. The zero-order valence-corrected chi connectivity index (χ0v) is 16.5. The van der Waals surface area contributed by atoms with Gasteiger partial charge in [-0.1, -0.05) is 30.7 Å². The van der Waals surface area contributed by atoms with Crippen LogP contribution in [0.5, 0.6) is 0 Å². The van der Waals surface area contributed by atoms with Gasteiger partial charge in [0.2, 0.25) is 0 Å². The van der Waals surface area contributed by atoms with E-state index in [-0.39, 0.29) is 25.2 Å². The molecule has 0 radical (unpaired) electrons. The van der Waals surface area contributed by atoms with Crippen molar-refractivity contribution in [2.75, 3.05) is 13.2 Å². The van der Waals surface area contributed by atoms with E-state index >= 15 is 0 Å². The van der Waals surface area contributed by atoms with Crippen molar-refractivity contribution in [2.24, 2.45) is 5.92 Å². The Bertz CT molecular complexity index is 686. The lowest BCUT2D eigenvalue weighted by Crippen LogP contribution is -2.49. The number of β-amino-alcohol motifs (C(OH)–C–C–N with tert-alkyl or cyclic N) is 1. The number of carbonyl (C=O) groups excluding carboxylic acids is 2. The van der Waals surface area contributed by atoms with Crippen LogP contribution in [0.3, 0.4) is 0 Å². The predicted molar refractivity (Wildman–Crippen MR) is 102 cm³/mol. The molecule has 27 heavy (non-hydrogen) atoms. The second kappa shape index (κ2) is 8.17. The van der Waals surface area contributed by atoms with E-state index in [4.69, 9.17) is 16.3 Å². The van der Waals surface area contributed by atoms with Gasteiger partial charge in [-0.25, -0.2) is 4.79 Å². The number of amides is 3. The molecular formula is C20H27ClN2O4. The highest BCUT2D eigenvalue weighted by Gasteiger charge is 2.52. The first kappa shape index (κ1) is 20.1. The van der Waals surface area contributed by atoms with Gasteiger partial charge in [0.1, 0.15) is 5.54 Å². The predicted octanol–water partition coefficient (Wildman–Crippen LogP) is 3.28. The van der Waals surface area contributed by atoms with Crippen LogP contribution in [0.25, 0.3) is 0 Å². The summed E-state index contributed by atoms with van der Waals surface area (Å²) in [5.74, 6) is 0.354. The highest BCUT2D eigenvalue weighted by Crippen LogP contribution is 2.36. The molecule has 1 aliphatic heterocycles. The van der Waals surface area contributed by atoms with Gasteiger partial charge in [0, 0.05) is 5.02 Å². The maximum absolute atomic E-state index is 12.8. The van der Waals surface area contributed by atoms with E-state index in [1.165, 1.54) is 0 Å². The monoisotopic (exact) mass is 394 g/mol. The first-order valence-electron chi connectivity index (χ1n) is 9.50. The van der Waals surface area contributed by atoms with Crippen LogP contribution in [0.2, 0.25) is 5.02 Å². The molecule has 1 saturated carbocycles. The molecule has 0 bridgehead atoms. The third-order valence-corrected chi connectivity index (χ3v) is 5.90. The van der Waals surface area contributed by atoms with Gasteiger partial charge in [-0.15, -0.1) is 0 Å². The van der Waals surface area contributed by atoms with Crippen LogP contribution in [-0.2, 0) is 9.53 Å². The molecular weight excluding hydrogens is 368 g/mol. The van der Waals surface area contributed by atoms with Crippen molar-refractivity contribution in [2.45, 2.75) is 57.3 Å². The normalized spacial score (nSPS) is 27.7.